The molecule has 1 aliphatic rings. The second-order valence-electron chi connectivity index (χ2n) is 7.68. The molecule has 1 amide bonds. The van der Waals surface area contributed by atoms with Gasteiger partial charge in [0.05, 0.1) is 11.5 Å². The molecular formula is C22H22FNO4S. The van der Waals surface area contributed by atoms with Crippen molar-refractivity contribution in [3.05, 3.63) is 70.7 Å². The van der Waals surface area contributed by atoms with Gasteiger partial charge in [0.2, 0.25) is 0 Å². The lowest BCUT2D eigenvalue weighted by Crippen LogP contribution is -2.40. The molecule has 5 nitrogen and oxygen atoms in total. The lowest BCUT2D eigenvalue weighted by atomic mass is 10.1. The fourth-order valence-electron chi connectivity index (χ4n) is 3.89. The third kappa shape index (κ3) is 3.92. The van der Waals surface area contributed by atoms with E-state index in [1.807, 2.05) is 32.0 Å². The lowest BCUT2D eigenvalue weighted by molar-refractivity contribution is 0.0649. The summed E-state index contributed by atoms with van der Waals surface area (Å²) in [5.41, 5.74) is 2.99. The van der Waals surface area contributed by atoms with Gasteiger partial charge in [0.15, 0.2) is 15.6 Å². The molecule has 3 aromatic rings. The molecule has 0 unspecified atom stereocenters. The number of nitrogens with zero attached hydrogens (tertiary/aromatic N) is 1. The third-order valence-corrected chi connectivity index (χ3v) is 7.19. The molecule has 2 heterocycles. The second-order valence-corrected chi connectivity index (χ2v) is 9.90. The van der Waals surface area contributed by atoms with E-state index in [4.69, 9.17) is 4.42 Å². The van der Waals surface area contributed by atoms with Crippen LogP contribution in [-0.4, -0.2) is 36.8 Å². The van der Waals surface area contributed by atoms with E-state index in [1.165, 1.54) is 17.0 Å². The molecule has 1 saturated heterocycles. The summed E-state index contributed by atoms with van der Waals surface area (Å²) >= 11 is 0. The normalized spacial score (nSPS) is 18.2. The minimum Gasteiger partial charge on any atom is -0.451 e. The molecule has 152 valence electrons. The summed E-state index contributed by atoms with van der Waals surface area (Å²) in [6.07, 6.45) is 0.363. The topological polar surface area (TPSA) is 67.6 Å². The lowest BCUT2D eigenvalue weighted by Gasteiger charge is -2.28. The highest BCUT2D eigenvalue weighted by atomic mass is 32.2. The van der Waals surface area contributed by atoms with Gasteiger partial charge in [0.1, 0.15) is 11.4 Å². The van der Waals surface area contributed by atoms with Crippen LogP contribution >= 0.6 is 0 Å². The predicted molar refractivity (Wildman–Crippen MR) is 109 cm³/mol. The largest absolute Gasteiger partial charge is 0.451 e. The minimum absolute atomic E-state index is 0.0445. The summed E-state index contributed by atoms with van der Waals surface area (Å²) in [4.78, 5) is 15.0. The van der Waals surface area contributed by atoms with Crippen molar-refractivity contribution in [2.45, 2.75) is 32.9 Å². The highest BCUT2D eigenvalue weighted by Gasteiger charge is 2.36. The average Bonchev–Trinajstić information content (AvgIpc) is 3.19. The van der Waals surface area contributed by atoms with Gasteiger partial charge in [-0.05, 0) is 50.1 Å². The Bertz CT molecular complexity index is 1200. The Hall–Kier alpha value is -2.67. The molecule has 1 aliphatic heterocycles. The Balaban J connectivity index is 1.74. The number of hydrogen-bond acceptors (Lipinski definition) is 4. The van der Waals surface area contributed by atoms with Gasteiger partial charge in [-0.15, -0.1) is 0 Å². The quantitative estimate of drug-likeness (QED) is 0.646. The molecule has 0 N–H and O–H groups in total. The van der Waals surface area contributed by atoms with Crippen LogP contribution in [0.25, 0.3) is 11.0 Å². The molecule has 7 heteroatoms. The monoisotopic (exact) mass is 415 g/mol. The van der Waals surface area contributed by atoms with Gasteiger partial charge in [-0.3, -0.25) is 4.79 Å². The van der Waals surface area contributed by atoms with Gasteiger partial charge >= 0.3 is 0 Å². The number of hydrogen-bond donors (Lipinski definition) is 0. The number of halogens is 1. The summed E-state index contributed by atoms with van der Waals surface area (Å²) in [6, 6.07) is 11.2. The summed E-state index contributed by atoms with van der Waals surface area (Å²) in [5, 5.41) is 0.859. The first-order valence-corrected chi connectivity index (χ1v) is 11.3. The Kier molecular flexibility index (Phi) is 4.94. The molecular weight excluding hydrogens is 393 g/mol. The van der Waals surface area contributed by atoms with Crippen molar-refractivity contribution in [2.75, 3.05) is 11.5 Å². The molecule has 0 spiro atoms. The van der Waals surface area contributed by atoms with Crippen LogP contribution in [0, 0.1) is 19.7 Å². The Morgan fingerprint density at radius 3 is 2.69 bits per heavy atom. The van der Waals surface area contributed by atoms with E-state index in [-0.39, 0.29) is 29.7 Å². The number of furan rings is 1. The molecule has 1 fully saturated rings. The zero-order chi connectivity index (χ0) is 20.8. The highest BCUT2D eigenvalue weighted by Crippen LogP contribution is 2.29. The van der Waals surface area contributed by atoms with E-state index in [0.29, 0.717) is 17.6 Å². The van der Waals surface area contributed by atoms with Gasteiger partial charge < -0.3 is 9.32 Å². The van der Waals surface area contributed by atoms with E-state index in [0.717, 1.165) is 16.5 Å². The van der Waals surface area contributed by atoms with Gasteiger partial charge in [0.25, 0.3) is 5.91 Å². The number of carbonyl (C=O) groups excluding carboxylic acids is 1. The summed E-state index contributed by atoms with van der Waals surface area (Å²) < 4.78 is 43.6. The predicted octanol–water partition coefficient (Wildman–Crippen LogP) is 4.02. The van der Waals surface area contributed by atoms with Crippen LogP contribution in [0.15, 0.2) is 46.9 Å². The first kappa shape index (κ1) is 19.6. The molecule has 2 aromatic carbocycles. The summed E-state index contributed by atoms with van der Waals surface area (Å²) in [6.45, 7) is 3.91. The van der Waals surface area contributed by atoms with Crippen molar-refractivity contribution in [1.29, 1.82) is 0 Å². The number of amides is 1. The van der Waals surface area contributed by atoms with Gasteiger partial charge in [-0.1, -0.05) is 23.8 Å². The SMILES string of the molecule is Cc1ccc2oc(C(=O)N(Cc3cccc(F)c3)[C@@H]3CCS(=O)(=O)C3)c(C)c2c1. The van der Waals surface area contributed by atoms with Crippen LogP contribution in [0.3, 0.4) is 0 Å². The molecule has 1 atom stereocenters. The molecule has 0 bridgehead atoms. The summed E-state index contributed by atoms with van der Waals surface area (Å²) in [5.74, 6) is -0.617. The first-order chi connectivity index (χ1) is 13.7. The van der Waals surface area contributed by atoms with Crippen LogP contribution in [0.2, 0.25) is 0 Å². The van der Waals surface area contributed by atoms with Crippen LogP contribution in [0.5, 0.6) is 0 Å². The van der Waals surface area contributed by atoms with Gasteiger partial charge in [0, 0.05) is 23.5 Å². The first-order valence-electron chi connectivity index (χ1n) is 9.49. The standard InChI is InChI=1S/C22H22FNO4S/c1-14-6-7-20-19(10-14)15(2)21(28-20)22(25)24(18-8-9-29(26,27)13-18)12-16-4-3-5-17(23)11-16/h3-7,10-11,18H,8-9,12-13H2,1-2H3/t18-/m1/s1. The van der Waals surface area contributed by atoms with Crippen molar-refractivity contribution in [3.8, 4) is 0 Å². The number of sulfone groups is 1. The van der Waals surface area contributed by atoms with Crippen molar-refractivity contribution >= 4 is 26.7 Å². The Morgan fingerprint density at radius 2 is 2.00 bits per heavy atom. The van der Waals surface area contributed by atoms with Crippen LogP contribution < -0.4 is 0 Å². The number of aryl methyl sites for hydroxylation is 2. The second kappa shape index (κ2) is 7.30. The number of benzene rings is 2. The van der Waals surface area contributed by atoms with Crippen molar-refractivity contribution in [2.24, 2.45) is 0 Å². The average molecular weight is 415 g/mol. The fraction of sp³-hybridized carbons (Fsp3) is 0.318. The van der Waals surface area contributed by atoms with Crippen LogP contribution in [0.4, 0.5) is 4.39 Å². The number of carbonyl (C=O) groups is 1. The maximum absolute atomic E-state index is 13.7. The molecule has 1 aromatic heterocycles. The smallest absolute Gasteiger partial charge is 0.290 e. The van der Waals surface area contributed by atoms with E-state index >= 15 is 0 Å². The van der Waals surface area contributed by atoms with E-state index in [1.54, 1.807) is 12.1 Å². The van der Waals surface area contributed by atoms with Gasteiger partial charge in [-0.2, -0.15) is 0 Å². The van der Waals surface area contributed by atoms with E-state index in [2.05, 4.69) is 0 Å². The Morgan fingerprint density at radius 1 is 1.21 bits per heavy atom. The maximum Gasteiger partial charge on any atom is 0.290 e. The molecule has 0 saturated carbocycles. The van der Waals surface area contributed by atoms with Crippen LogP contribution in [-0.2, 0) is 16.4 Å². The maximum atomic E-state index is 13.7. The third-order valence-electron chi connectivity index (χ3n) is 5.44. The van der Waals surface area contributed by atoms with Gasteiger partial charge in [-0.25, -0.2) is 12.8 Å². The fourth-order valence-corrected chi connectivity index (χ4v) is 5.62. The van der Waals surface area contributed by atoms with E-state index in [9.17, 15) is 17.6 Å². The molecule has 0 aliphatic carbocycles. The van der Waals surface area contributed by atoms with Crippen LogP contribution in [0.1, 0.15) is 33.7 Å². The zero-order valence-electron chi connectivity index (χ0n) is 16.3. The Labute approximate surface area is 169 Å². The molecule has 4 rings (SSSR count). The van der Waals surface area contributed by atoms with Crippen molar-refractivity contribution in [3.63, 3.8) is 0 Å². The minimum atomic E-state index is -3.20. The number of fused-ring (bicyclic) bond motifs is 1. The number of rotatable bonds is 4. The van der Waals surface area contributed by atoms with Crippen molar-refractivity contribution in [1.82, 2.24) is 4.90 Å². The molecule has 29 heavy (non-hydrogen) atoms. The zero-order valence-corrected chi connectivity index (χ0v) is 17.1. The molecule has 0 radical (unpaired) electrons. The highest BCUT2D eigenvalue weighted by molar-refractivity contribution is 7.91. The van der Waals surface area contributed by atoms with E-state index < -0.39 is 21.7 Å². The summed E-state index contributed by atoms with van der Waals surface area (Å²) in [7, 11) is -3.20. The van der Waals surface area contributed by atoms with Crippen molar-refractivity contribution < 1.29 is 22.0 Å².